The van der Waals surface area contributed by atoms with Gasteiger partial charge in [0.2, 0.25) is 0 Å². The normalized spacial score (nSPS) is 27.1. The summed E-state index contributed by atoms with van der Waals surface area (Å²) in [5.41, 5.74) is 0. The van der Waals surface area contributed by atoms with Crippen LogP contribution in [0.15, 0.2) is 11.6 Å². The topological polar surface area (TPSA) is 28.2 Å². The molecule has 2 heterocycles. The summed E-state index contributed by atoms with van der Waals surface area (Å²) in [5.74, 6) is 0. The highest BCUT2D eigenvalue weighted by molar-refractivity contribution is 7.09. The van der Waals surface area contributed by atoms with E-state index in [9.17, 15) is 0 Å². The van der Waals surface area contributed by atoms with E-state index < -0.39 is 0 Å². The van der Waals surface area contributed by atoms with Crippen LogP contribution in [-0.4, -0.2) is 42.1 Å². The Balaban J connectivity index is 1.78. The lowest BCUT2D eigenvalue weighted by Gasteiger charge is -2.37. The molecule has 0 spiro atoms. The third-order valence-electron chi connectivity index (χ3n) is 3.52. The van der Waals surface area contributed by atoms with Crippen molar-refractivity contribution in [2.45, 2.75) is 38.3 Å². The van der Waals surface area contributed by atoms with E-state index in [4.69, 9.17) is 0 Å². The molecule has 1 N–H and O–H groups in total. The highest BCUT2D eigenvalue weighted by Crippen LogP contribution is 2.17. The summed E-state index contributed by atoms with van der Waals surface area (Å²) in [6, 6.07) is 1.41. The molecule has 2 atom stereocenters. The molecular formula is C12H21N3S. The molecule has 16 heavy (non-hydrogen) atoms. The molecule has 0 amide bonds. The van der Waals surface area contributed by atoms with Gasteiger partial charge in [-0.2, -0.15) is 0 Å². The number of aromatic nitrogens is 1. The quantitative estimate of drug-likeness (QED) is 0.868. The Labute approximate surface area is 102 Å². The van der Waals surface area contributed by atoms with Crippen molar-refractivity contribution < 1.29 is 0 Å². The second kappa shape index (κ2) is 5.75. The van der Waals surface area contributed by atoms with Crippen LogP contribution in [0.5, 0.6) is 0 Å². The van der Waals surface area contributed by atoms with Gasteiger partial charge in [0.05, 0.1) is 5.01 Å². The van der Waals surface area contributed by atoms with Crippen molar-refractivity contribution in [2.75, 3.05) is 20.1 Å². The van der Waals surface area contributed by atoms with Crippen molar-refractivity contribution in [3.63, 3.8) is 0 Å². The van der Waals surface area contributed by atoms with Gasteiger partial charge in [0, 0.05) is 36.6 Å². The molecule has 1 aliphatic rings. The predicted molar refractivity (Wildman–Crippen MR) is 68.9 cm³/mol. The molecule has 0 bridgehead atoms. The van der Waals surface area contributed by atoms with Gasteiger partial charge in [0.1, 0.15) is 0 Å². The summed E-state index contributed by atoms with van der Waals surface area (Å²) in [6.07, 6.45) is 5.55. The van der Waals surface area contributed by atoms with Gasteiger partial charge in [-0.15, -0.1) is 11.3 Å². The maximum atomic E-state index is 4.34. The van der Waals surface area contributed by atoms with E-state index in [1.165, 1.54) is 24.4 Å². The fourth-order valence-corrected chi connectivity index (χ4v) is 3.04. The van der Waals surface area contributed by atoms with Crippen LogP contribution in [0.1, 0.15) is 24.8 Å². The minimum absolute atomic E-state index is 0.700. The number of piperidine rings is 1. The summed E-state index contributed by atoms with van der Waals surface area (Å²) in [7, 11) is 2.07. The molecule has 1 aromatic rings. The van der Waals surface area contributed by atoms with Crippen LogP contribution in [0.2, 0.25) is 0 Å². The molecule has 1 aliphatic heterocycles. The zero-order valence-corrected chi connectivity index (χ0v) is 11.0. The molecule has 2 rings (SSSR count). The minimum atomic E-state index is 0.700. The standard InChI is InChI=1S/C12H21N3S/c1-10-9-11(13-2)3-6-15(10)7-4-12-14-5-8-16-12/h5,8,10-11,13H,3-4,6-7,9H2,1-2H3. The van der Waals surface area contributed by atoms with Crippen molar-refractivity contribution in [3.05, 3.63) is 16.6 Å². The van der Waals surface area contributed by atoms with Crippen LogP contribution < -0.4 is 5.32 Å². The summed E-state index contributed by atoms with van der Waals surface area (Å²) in [4.78, 5) is 6.93. The van der Waals surface area contributed by atoms with Crippen LogP contribution in [0.25, 0.3) is 0 Å². The van der Waals surface area contributed by atoms with Crippen LogP contribution in [0.4, 0.5) is 0 Å². The van der Waals surface area contributed by atoms with Crippen molar-refractivity contribution in [2.24, 2.45) is 0 Å². The first-order valence-corrected chi connectivity index (χ1v) is 6.97. The number of hydrogen-bond donors (Lipinski definition) is 1. The van der Waals surface area contributed by atoms with Crippen molar-refractivity contribution in [1.82, 2.24) is 15.2 Å². The Morgan fingerprint density at radius 1 is 1.62 bits per heavy atom. The zero-order chi connectivity index (χ0) is 11.4. The van der Waals surface area contributed by atoms with E-state index in [1.54, 1.807) is 11.3 Å². The van der Waals surface area contributed by atoms with E-state index >= 15 is 0 Å². The number of rotatable bonds is 4. The lowest BCUT2D eigenvalue weighted by molar-refractivity contribution is 0.140. The Hall–Kier alpha value is -0.450. The monoisotopic (exact) mass is 239 g/mol. The van der Waals surface area contributed by atoms with Gasteiger partial charge in [-0.3, -0.25) is 0 Å². The first-order valence-electron chi connectivity index (χ1n) is 6.09. The number of nitrogens with one attached hydrogen (secondary N) is 1. The van der Waals surface area contributed by atoms with Gasteiger partial charge in [-0.1, -0.05) is 0 Å². The molecule has 0 aromatic carbocycles. The molecule has 3 nitrogen and oxygen atoms in total. The second-order valence-corrected chi connectivity index (χ2v) is 5.55. The molecule has 0 saturated carbocycles. The Morgan fingerprint density at radius 2 is 2.50 bits per heavy atom. The van der Waals surface area contributed by atoms with Crippen molar-refractivity contribution in [1.29, 1.82) is 0 Å². The first kappa shape index (κ1) is 12.0. The molecule has 0 radical (unpaired) electrons. The smallest absolute Gasteiger partial charge is 0.0937 e. The average Bonchev–Trinajstić information content (AvgIpc) is 2.80. The van der Waals surface area contributed by atoms with Crippen LogP contribution in [0.3, 0.4) is 0 Å². The number of hydrogen-bond acceptors (Lipinski definition) is 4. The number of likely N-dealkylation sites (tertiary alicyclic amines) is 1. The molecule has 2 unspecified atom stereocenters. The first-order chi connectivity index (χ1) is 7.79. The maximum Gasteiger partial charge on any atom is 0.0937 e. The molecule has 90 valence electrons. The predicted octanol–water partition coefficient (Wildman–Crippen LogP) is 1.76. The minimum Gasteiger partial charge on any atom is -0.317 e. The van der Waals surface area contributed by atoms with Crippen molar-refractivity contribution in [3.8, 4) is 0 Å². The Kier molecular flexibility index (Phi) is 4.32. The van der Waals surface area contributed by atoms with Gasteiger partial charge in [-0.25, -0.2) is 4.98 Å². The zero-order valence-electron chi connectivity index (χ0n) is 10.1. The van der Waals surface area contributed by atoms with Gasteiger partial charge in [-0.05, 0) is 33.4 Å². The van der Waals surface area contributed by atoms with Gasteiger partial charge in [0.25, 0.3) is 0 Å². The molecule has 1 aromatic heterocycles. The number of thiazole rings is 1. The molecular weight excluding hydrogens is 218 g/mol. The van der Waals surface area contributed by atoms with Gasteiger partial charge < -0.3 is 10.2 Å². The van der Waals surface area contributed by atoms with E-state index in [2.05, 4.69) is 34.6 Å². The van der Waals surface area contributed by atoms with E-state index in [1.807, 2.05) is 6.20 Å². The Morgan fingerprint density at radius 3 is 3.12 bits per heavy atom. The van der Waals surface area contributed by atoms with E-state index in [-0.39, 0.29) is 0 Å². The van der Waals surface area contributed by atoms with Crippen LogP contribution in [0, 0.1) is 0 Å². The fraction of sp³-hybridized carbons (Fsp3) is 0.750. The molecule has 1 fully saturated rings. The summed E-state index contributed by atoms with van der Waals surface area (Å²) < 4.78 is 0. The highest BCUT2D eigenvalue weighted by atomic mass is 32.1. The summed E-state index contributed by atoms with van der Waals surface area (Å²) >= 11 is 1.77. The van der Waals surface area contributed by atoms with Crippen LogP contribution >= 0.6 is 11.3 Å². The largest absolute Gasteiger partial charge is 0.317 e. The highest BCUT2D eigenvalue weighted by Gasteiger charge is 2.23. The molecule has 1 saturated heterocycles. The molecule has 0 aliphatic carbocycles. The van der Waals surface area contributed by atoms with E-state index in [0.717, 1.165) is 13.0 Å². The maximum absolute atomic E-state index is 4.34. The third-order valence-corrected chi connectivity index (χ3v) is 4.36. The summed E-state index contributed by atoms with van der Waals surface area (Å²) in [6.45, 7) is 4.72. The van der Waals surface area contributed by atoms with Gasteiger partial charge >= 0.3 is 0 Å². The lowest BCUT2D eigenvalue weighted by atomic mass is 9.98. The molecule has 4 heteroatoms. The average molecular weight is 239 g/mol. The van der Waals surface area contributed by atoms with Crippen LogP contribution in [-0.2, 0) is 6.42 Å². The van der Waals surface area contributed by atoms with Gasteiger partial charge in [0.15, 0.2) is 0 Å². The number of nitrogens with zero attached hydrogens (tertiary/aromatic N) is 2. The second-order valence-electron chi connectivity index (χ2n) is 4.57. The summed E-state index contributed by atoms with van der Waals surface area (Å²) in [5, 5.41) is 6.72. The Bertz CT molecular complexity index is 299. The van der Waals surface area contributed by atoms with E-state index in [0.29, 0.717) is 12.1 Å². The fourth-order valence-electron chi connectivity index (χ4n) is 2.43. The SMILES string of the molecule is CNC1CCN(CCc2nccs2)C(C)C1. The lowest BCUT2D eigenvalue weighted by Crippen LogP contribution is -2.47. The third kappa shape index (κ3) is 3.03. The van der Waals surface area contributed by atoms with Crippen molar-refractivity contribution >= 4 is 11.3 Å².